The molecule has 0 aromatic carbocycles. The Morgan fingerprint density at radius 1 is 1.29 bits per heavy atom. The summed E-state index contributed by atoms with van der Waals surface area (Å²) in [6.45, 7) is 5.21. The molecule has 0 aromatic heterocycles. The van der Waals surface area contributed by atoms with Crippen LogP contribution in [0.4, 0.5) is 0 Å². The van der Waals surface area contributed by atoms with Crippen molar-refractivity contribution in [2.45, 2.75) is 39.5 Å². The third-order valence-electron chi connectivity index (χ3n) is 2.89. The molecule has 0 heterocycles. The van der Waals surface area contributed by atoms with Gasteiger partial charge in [0.05, 0.1) is 5.75 Å². The quantitative estimate of drug-likeness (QED) is 0.683. The van der Waals surface area contributed by atoms with Crippen molar-refractivity contribution in [3.8, 4) is 0 Å². The Bertz CT molecular complexity index is 257. The molecule has 0 amide bonds. The first kappa shape index (κ1) is 12.0. The van der Waals surface area contributed by atoms with Crippen LogP contribution in [-0.4, -0.2) is 31.6 Å². The van der Waals surface area contributed by atoms with Gasteiger partial charge in [0.2, 0.25) is 10.0 Å². The summed E-state index contributed by atoms with van der Waals surface area (Å²) in [5, 5.41) is 0. The first-order valence-electron chi connectivity index (χ1n) is 5.58. The van der Waals surface area contributed by atoms with Crippen molar-refractivity contribution in [1.29, 1.82) is 0 Å². The molecule has 14 heavy (non-hydrogen) atoms. The van der Waals surface area contributed by atoms with Gasteiger partial charge >= 0.3 is 0 Å². The highest BCUT2D eigenvalue weighted by Crippen LogP contribution is 2.27. The highest BCUT2D eigenvalue weighted by atomic mass is 32.2. The minimum Gasteiger partial charge on any atom is -0.212 e. The fourth-order valence-corrected chi connectivity index (χ4v) is 3.40. The molecule has 3 nitrogen and oxygen atoms in total. The zero-order chi connectivity index (χ0) is 10.6. The number of nitrogens with zero attached hydrogens (tertiary/aromatic N) is 1. The summed E-state index contributed by atoms with van der Waals surface area (Å²) in [6.07, 6.45) is 4.40. The average molecular weight is 219 g/mol. The summed E-state index contributed by atoms with van der Waals surface area (Å²) >= 11 is 0. The lowest BCUT2D eigenvalue weighted by molar-refractivity contribution is 0.250. The molecular formula is C10H21NO2S. The van der Waals surface area contributed by atoms with E-state index in [0.717, 1.165) is 6.54 Å². The molecule has 0 radical (unpaired) electrons. The van der Waals surface area contributed by atoms with Crippen molar-refractivity contribution in [1.82, 2.24) is 4.31 Å². The van der Waals surface area contributed by atoms with Crippen LogP contribution in [0.1, 0.15) is 39.5 Å². The highest BCUT2D eigenvalue weighted by molar-refractivity contribution is 7.89. The van der Waals surface area contributed by atoms with Gasteiger partial charge in [-0.15, -0.1) is 0 Å². The van der Waals surface area contributed by atoms with Gasteiger partial charge in [0, 0.05) is 13.1 Å². The number of rotatable bonds is 6. The molecule has 1 fully saturated rings. The van der Waals surface area contributed by atoms with Crippen molar-refractivity contribution in [2.75, 3.05) is 18.8 Å². The van der Waals surface area contributed by atoms with Crippen LogP contribution in [0.3, 0.4) is 0 Å². The molecule has 4 heteroatoms. The molecule has 0 unspecified atom stereocenters. The normalized spacial score (nSPS) is 18.5. The SMILES string of the molecule is CCCS(=O)(=O)N(CC)CC1CCC1. The molecule has 84 valence electrons. The van der Waals surface area contributed by atoms with E-state index in [0.29, 0.717) is 24.6 Å². The van der Waals surface area contributed by atoms with E-state index in [4.69, 9.17) is 0 Å². The summed E-state index contributed by atoms with van der Waals surface area (Å²) in [6, 6.07) is 0. The molecular weight excluding hydrogens is 198 g/mol. The summed E-state index contributed by atoms with van der Waals surface area (Å²) in [5.41, 5.74) is 0. The fourth-order valence-electron chi connectivity index (χ4n) is 1.79. The van der Waals surface area contributed by atoms with Crippen molar-refractivity contribution >= 4 is 10.0 Å². The third-order valence-corrected chi connectivity index (χ3v) is 5.01. The number of hydrogen-bond donors (Lipinski definition) is 0. The van der Waals surface area contributed by atoms with E-state index in [1.54, 1.807) is 4.31 Å². The van der Waals surface area contributed by atoms with Crippen LogP contribution >= 0.6 is 0 Å². The van der Waals surface area contributed by atoms with Crippen LogP contribution in [-0.2, 0) is 10.0 Å². The summed E-state index contributed by atoms with van der Waals surface area (Å²) in [7, 11) is -2.96. The standard InChI is InChI=1S/C10H21NO2S/c1-3-8-14(12,13)11(4-2)9-10-6-5-7-10/h10H,3-9H2,1-2H3. The van der Waals surface area contributed by atoms with Gasteiger partial charge in [-0.3, -0.25) is 0 Å². The van der Waals surface area contributed by atoms with Crippen molar-refractivity contribution in [3.05, 3.63) is 0 Å². The van der Waals surface area contributed by atoms with Gasteiger partial charge in [-0.1, -0.05) is 20.3 Å². The molecule has 0 saturated heterocycles. The number of sulfonamides is 1. The van der Waals surface area contributed by atoms with Gasteiger partial charge in [0.1, 0.15) is 0 Å². The van der Waals surface area contributed by atoms with E-state index in [9.17, 15) is 8.42 Å². The Kier molecular flexibility index (Phi) is 4.38. The molecule has 0 bridgehead atoms. The van der Waals surface area contributed by atoms with Crippen LogP contribution in [0.5, 0.6) is 0 Å². The maximum Gasteiger partial charge on any atom is 0.214 e. The Morgan fingerprint density at radius 2 is 1.93 bits per heavy atom. The van der Waals surface area contributed by atoms with Crippen molar-refractivity contribution in [3.63, 3.8) is 0 Å². The zero-order valence-electron chi connectivity index (χ0n) is 9.20. The summed E-state index contributed by atoms with van der Waals surface area (Å²) in [4.78, 5) is 0. The molecule has 1 rings (SSSR count). The van der Waals surface area contributed by atoms with E-state index < -0.39 is 10.0 Å². The molecule has 0 aliphatic heterocycles. The zero-order valence-corrected chi connectivity index (χ0v) is 10.0. The van der Waals surface area contributed by atoms with E-state index in [1.807, 2.05) is 13.8 Å². The van der Waals surface area contributed by atoms with Crippen LogP contribution < -0.4 is 0 Å². The molecule has 0 atom stereocenters. The van der Waals surface area contributed by atoms with Gasteiger partial charge < -0.3 is 0 Å². The smallest absolute Gasteiger partial charge is 0.212 e. The van der Waals surface area contributed by atoms with Gasteiger partial charge in [0.25, 0.3) is 0 Å². The second-order valence-electron chi connectivity index (χ2n) is 4.06. The van der Waals surface area contributed by atoms with Gasteiger partial charge in [-0.25, -0.2) is 12.7 Å². The Balaban J connectivity index is 2.50. The van der Waals surface area contributed by atoms with Crippen LogP contribution in [0.2, 0.25) is 0 Å². The predicted octanol–water partition coefficient (Wildman–Crippen LogP) is 1.85. The Hall–Kier alpha value is -0.0900. The number of hydrogen-bond acceptors (Lipinski definition) is 2. The Morgan fingerprint density at radius 3 is 2.29 bits per heavy atom. The summed E-state index contributed by atoms with van der Waals surface area (Å²) < 4.78 is 25.2. The molecule has 1 aliphatic carbocycles. The first-order chi connectivity index (χ1) is 6.60. The second kappa shape index (κ2) is 5.12. The van der Waals surface area contributed by atoms with E-state index in [1.165, 1.54) is 19.3 Å². The molecule has 1 saturated carbocycles. The minimum atomic E-state index is -2.96. The highest BCUT2D eigenvalue weighted by Gasteiger charge is 2.26. The lowest BCUT2D eigenvalue weighted by Gasteiger charge is -2.31. The van der Waals surface area contributed by atoms with E-state index in [2.05, 4.69) is 0 Å². The van der Waals surface area contributed by atoms with Crippen molar-refractivity contribution < 1.29 is 8.42 Å². The monoisotopic (exact) mass is 219 g/mol. The van der Waals surface area contributed by atoms with E-state index in [-0.39, 0.29) is 0 Å². The van der Waals surface area contributed by atoms with Gasteiger partial charge in [-0.05, 0) is 25.2 Å². The molecule has 0 spiro atoms. The second-order valence-corrected chi connectivity index (χ2v) is 6.15. The van der Waals surface area contributed by atoms with Crippen LogP contribution in [0, 0.1) is 5.92 Å². The van der Waals surface area contributed by atoms with E-state index >= 15 is 0 Å². The summed E-state index contributed by atoms with van der Waals surface area (Å²) in [5.74, 6) is 0.926. The Labute approximate surface area is 87.5 Å². The lowest BCUT2D eigenvalue weighted by Crippen LogP contribution is -2.38. The minimum absolute atomic E-state index is 0.299. The molecule has 0 aromatic rings. The lowest BCUT2D eigenvalue weighted by atomic mass is 9.85. The third kappa shape index (κ3) is 2.95. The average Bonchev–Trinajstić information content (AvgIpc) is 2.01. The maximum absolute atomic E-state index is 11.8. The first-order valence-corrected chi connectivity index (χ1v) is 7.19. The maximum atomic E-state index is 11.8. The molecule has 1 aliphatic rings. The van der Waals surface area contributed by atoms with Crippen molar-refractivity contribution in [2.24, 2.45) is 5.92 Å². The fraction of sp³-hybridized carbons (Fsp3) is 1.00. The topological polar surface area (TPSA) is 37.4 Å². The predicted molar refractivity (Wildman–Crippen MR) is 58.7 cm³/mol. The van der Waals surface area contributed by atoms with Gasteiger partial charge in [-0.2, -0.15) is 0 Å². The van der Waals surface area contributed by atoms with Crippen LogP contribution in [0.25, 0.3) is 0 Å². The largest absolute Gasteiger partial charge is 0.214 e. The van der Waals surface area contributed by atoms with Crippen LogP contribution in [0.15, 0.2) is 0 Å². The van der Waals surface area contributed by atoms with Gasteiger partial charge in [0.15, 0.2) is 0 Å². The molecule has 0 N–H and O–H groups in total.